The van der Waals surface area contributed by atoms with Crippen LogP contribution in [0.4, 0.5) is 5.69 Å². The van der Waals surface area contributed by atoms with E-state index in [1.807, 2.05) is 0 Å². The van der Waals surface area contributed by atoms with Crippen molar-refractivity contribution in [3.8, 4) is 0 Å². The zero-order valence-corrected chi connectivity index (χ0v) is 17.1. The summed E-state index contributed by atoms with van der Waals surface area (Å²) in [5.41, 5.74) is 2.58. The van der Waals surface area contributed by atoms with Gasteiger partial charge in [-0.05, 0) is 31.4 Å². The van der Waals surface area contributed by atoms with Gasteiger partial charge in [-0.25, -0.2) is 0 Å². The van der Waals surface area contributed by atoms with Crippen molar-refractivity contribution >= 4 is 23.4 Å². The third-order valence-electron chi connectivity index (χ3n) is 5.50. The van der Waals surface area contributed by atoms with Crippen LogP contribution in [-0.4, -0.2) is 28.7 Å². The van der Waals surface area contributed by atoms with Gasteiger partial charge in [0.05, 0.1) is 22.9 Å². The van der Waals surface area contributed by atoms with Crippen LogP contribution in [0.5, 0.6) is 0 Å². The Labute approximate surface area is 172 Å². The van der Waals surface area contributed by atoms with Crippen molar-refractivity contribution in [3.05, 3.63) is 53.9 Å². The van der Waals surface area contributed by atoms with Gasteiger partial charge in [-0.15, -0.1) is 0 Å². The number of hydrogen-bond donors (Lipinski definition) is 2. The highest BCUT2D eigenvalue weighted by molar-refractivity contribution is 6.24. The molecule has 1 aromatic carbocycles. The predicted octanol–water partition coefficient (Wildman–Crippen LogP) is 4.36. The number of nitrogens with zero attached hydrogens (tertiary/aromatic N) is 1. The fourth-order valence-electron chi connectivity index (χ4n) is 3.94. The van der Waals surface area contributed by atoms with Gasteiger partial charge in [-0.1, -0.05) is 51.8 Å². The van der Waals surface area contributed by atoms with Gasteiger partial charge < -0.3 is 10.6 Å². The lowest BCUT2D eigenvalue weighted by atomic mass is 10.0. The maximum Gasteiger partial charge on any atom is 0.264 e. The van der Waals surface area contributed by atoms with E-state index in [0.29, 0.717) is 28.9 Å². The maximum absolute atomic E-state index is 13.1. The van der Waals surface area contributed by atoms with E-state index in [-0.39, 0.29) is 24.1 Å². The second-order valence-corrected chi connectivity index (χ2v) is 7.73. The number of piperidine rings is 1. The summed E-state index contributed by atoms with van der Waals surface area (Å²) in [6.45, 7) is 10.1. The molecule has 6 heteroatoms. The van der Waals surface area contributed by atoms with Crippen molar-refractivity contribution in [3.63, 3.8) is 0 Å². The Kier molecular flexibility index (Phi) is 6.52. The smallest absolute Gasteiger partial charge is 0.264 e. The summed E-state index contributed by atoms with van der Waals surface area (Å²) in [4.78, 5) is 38.9. The Hall–Kier alpha value is -2.89. The minimum absolute atomic E-state index is 0.138. The molecule has 0 radical (unpaired) electrons. The van der Waals surface area contributed by atoms with Gasteiger partial charge in [0.2, 0.25) is 5.91 Å². The van der Waals surface area contributed by atoms with Crippen LogP contribution in [0.1, 0.15) is 79.0 Å². The number of anilines is 1. The minimum Gasteiger partial charge on any atom is -0.359 e. The van der Waals surface area contributed by atoms with Gasteiger partial charge in [0.15, 0.2) is 0 Å². The lowest BCUT2D eigenvalue weighted by molar-refractivity contribution is -0.121. The molecule has 1 atom stereocenters. The molecular weight excluding hydrogens is 366 g/mol. The molecule has 2 aliphatic rings. The monoisotopic (exact) mass is 395 g/mol. The molecule has 1 aromatic rings. The highest BCUT2D eigenvalue weighted by atomic mass is 16.2. The largest absolute Gasteiger partial charge is 0.359 e. The third kappa shape index (κ3) is 4.42. The van der Waals surface area contributed by atoms with E-state index in [1.165, 1.54) is 24.2 Å². The van der Waals surface area contributed by atoms with E-state index in [0.717, 1.165) is 25.0 Å². The molecule has 6 nitrogen and oxygen atoms in total. The average molecular weight is 396 g/mol. The van der Waals surface area contributed by atoms with Crippen molar-refractivity contribution < 1.29 is 14.4 Å². The average Bonchev–Trinajstić information content (AvgIpc) is 2.93. The van der Waals surface area contributed by atoms with Gasteiger partial charge >= 0.3 is 0 Å². The molecule has 1 fully saturated rings. The van der Waals surface area contributed by atoms with E-state index >= 15 is 0 Å². The number of carbonyl (C=O) groups excluding carboxylic acids is 3. The Morgan fingerprint density at radius 2 is 1.93 bits per heavy atom. The highest BCUT2D eigenvalue weighted by Gasteiger charge is 2.43. The van der Waals surface area contributed by atoms with Crippen LogP contribution in [0.3, 0.4) is 0 Å². The summed E-state index contributed by atoms with van der Waals surface area (Å²) < 4.78 is 0. The van der Waals surface area contributed by atoms with Gasteiger partial charge in [0, 0.05) is 17.8 Å². The molecule has 1 saturated heterocycles. The molecule has 0 saturated carbocycles. The first-order valence-corrected chi connectivity index (χ1v) is 10.4. The van der Waals surface area contributed by atoms with E-state index in [2.05, 4.69) is 30.7 Å². The standard InChI is InChI=1S/C23H29N3O3/c1-4-5-6-7-8-10-15(2)24-18-12-9-11-17-21(18)23(29)26(22(17)28)19-13-14-20(27)25-16(19)3/h9,11-12,19,24H,2-8,10,13-14H2,1H3,(H,25,27). The van der Waals surface area contributed by atoms with E-state index < -0.39 is 6.04 Å². The van der Waals surface area contributed by atoms with Crippen LogP contribution < -0.4 is 10.6 Å². The number of benzene rings is 1. The van der Waals surface area contributed by atoms with Crippen LogP contribution >= 0.6 is 0 Å². The number of unbranched alkanes of at least 4 members (excludes halogenated alkanes) is 4. The zero-order chi connectivity index (χ0) is 21.0. The summed E-state index contributed by atoms with van der Waals surface area (Å²) in [6, 6.07) is 4.71. The number of fused-ring (bicyclic) bond motifs is 1. The predicted molar refractivity (Wildman–Crippen MR) is 113 cm³/mol. The van der Waals surface area contributed by atoms with Crippen molar-refractivity contribution in [1.29, 1.82) is 0 Å². The lowest BCUT2D eigenvalue weighted by Crippen LogP contribution is -2.48. The first kappa shape index (κ1) is 20.8. The van der Waals surface area contributed by atoms with Gasteiger partial charge in [0.25, 0.3) is 11.8 Å². The van der Waals surface area contributed by atoms with Gasteiger partial charge in [-0.2, -0.15) is 0 Å². The van der Waals surface area contributed by atoms with Crippen LogP contribution in [0.25, 0.3) is 0 Å². The summed E-state index contributed by atoms with van der Waals surface area (Å²) in [7, 11) is 0. The third-order valence-corrected chi connectivity index (χ3v) is 5.50. The summed E-state index contributed by atoms with van der Waals surface area (Å²) in [6.07, 6.45) is 7.34. The Balaban J connectivity index is 1.72. The minimum atomic E-state index is -0.519. The molecule has 0 aromatic heterocycles. The molecule has 1 unspecified atom stereocenters. The van der Waals surface area contributed by atoms with Crippen molar-refractivity contribution in [2.45, 2.75) is 64.3 Å². The quantitative estimate of drug-likeness (QED) is 0.481. The van der Waals surface area contributed by atoms with Gasteiger partial charge in [-0.3, -0.25) is 19.3 Å². The number of imide groups is 1. The molecule has 2 aliphatic heterocycles. The van der Waals surface area contributed by atoms with E-state index in [1.54, 1.807) is 18.2 Å². The summed E-state index contributed by atoms with van der Waals surface area (Å²) >= 11 is 0. The highest BCUT2D eigenvalue weighted by Crippen LogP contribution is 2.34. The molecule has 3 rings (SSSR count). The van der Waals surface area contributed by atoms with Crippen LogP contribution in [-0.2, 0) is 4.79 Å². The normalized spacial score (nSPS) is 18.7. The fourth-order valence-corrected chi connectivity index (χ4v) is 3.94. The summed E-state index contributed by atoms with van der Waals surface area (Å²) in [5, 5.41) is 5.89. The zero-order valence-electron chi connectivity index (χ0n) is 17.1. The molecule has 0 bridgehead atoms. The SMILES string of the molecule is C=C(CCCCCCC)Nc1cccc2c1C(=O)N(C1CCC(=O)NC1=C)C2=O. The van der Waals surface area contributed by atoms with Crippen LogP contribution in [0.2, 0.25) is 0 Å². The molecule has 0 aliphatic carbocycles. The number of allylic oxidation sites excluding steroid dienone is 1. The molecular formula is C23H29N3O3. The molecule has 3 amide bonds. The second kappa shape index (κ2) is 9.07. The lowest BCUT2D eigenvalue weighted by Gasteiger charge is -2.31. The van der Waals surface area contributed by atoms with Crippen molar-refractivity contribution in [2.24, 2.45) is 0 Å². The van der Waals surface area contributed by atoms with E-state index in [4.69, 9.17) is 0 Å². The number of hydrogen-bond acceptors (Lipinski definition) is 4. The number of nitrogens with one attached hydrogen (secondary N) is 2. The van der Waals surface area contributed by atoms with E-state index in [9.17, 15) is 14.4 Å². The van der Waals surface area contributed by atoms with Crippen LogP contribution in [0.15, 0.2) is 42.8 Å². The molecule has 2 N–H and O–H groups in total. The van der Waals surface area contributed by atoms with Gasteiger partial charge in [0.1, 0.15) is 0 Å². The number of rotatable bonds is 9. The van der Waals surface area contributed by atoms with Crippen LogP contribution in [0, 0.1) is 0 Å². The first-order chi connectivity index (χ1) is 13.9. The number of amides is 3. The Morgan fingerprint density at radius 1 is 1.17 bits per heavy atom. The number of carbonyl (C=O) groups is 3. The summed E-state index contributed by atoms with van der Waals surface area (Å²) in [5.74, 6) is -0.840. The fraction of sp³-hybridized carbons (Fsp3) is 0.435. The Morgan fingerprint density at radius 3 is 2.66 bits per heavy atom. The molecule has 154 valence electrons. The molecule has 29 heavy (non-hydrogen) atoms. The molecule has 0 spiro atoms. The second-order valence-electron chi connectivity index (χ2n) is 7.73. The first-order valence-electron chi connectivity index (χ1n) is 10.4. The topological polar surface area (TPSA) is 78.5 Å². The van der Waals surface area contributed by atoms with Crippen molar-refractivity contribution in [1.82, 2.24) is 10.2 Å². The Bertz CT molecular complexity index is 859. The maximum atomic E-state index is 13.1. The molecule has 2 heterocycles. The van der Waals surface area contributed by atoms with Crippen molar-refractivity contribution in [2.75, 3.05) is 5.32 Å².